The number of anilines is 1. The largest absolute Gasteiger partial charge is 0.378 e. The highest BCUT2D eigenvalue weighted by atomic mass is 35.5. The second-order valence-electron chi connectivity index (χ2n) is 4.79. The molecule has 1 saturated heterocycles. The van der Waals surface area contributed by atoms with Gasteiger partial charge in [0.1, 0.15) is 0 Å². The van der Waals surface area contributed by atoms with Crippen molar-refractivity contribution in [3.63, 3.8) is 0 Å². The summed E-state index contributed by atoms with van der Waals surface area (Å²) in [5.74, 6) is 0.827. The van der Waals surface area contributed by atoms with Crippen LogP contribution in [0.5, 0.6) is 0 Å². The third kappa shape index (κ3) is 3.33. The monoisotopic (exact) mass is 269 g/mol. The molecule has 0 amide bonds. The van der Waals surface area contributed by atoms with Crippen molar-refractivity contribution in [3.05, 3.63) is 16.3 Å². The normalized spacial score (nSPS) is 19.8. The Balaban J connectivity index is 1.84. The maximum absolute atomic E-state index is 5.92. The Hall–Kier alpha value is -0.870. The first kappa shape index (κ1) is 13.6. The number of nitrogens with one attached hydrogen (secondary N) is 1. The maximum Gasteiger partial charge on any atom is 0.155 e. The first-order valence-corrected chi connectivity index (χ1v) is 6.91. The third-order valence-corrected chi connectivity index (χ3v) is 3.86. The highest BCUT2D eigenvalue weighted by molar-refractivity contribution is 6.30. The molecule has 1 N–H and O–H groups in total. The predicted molar refractivity (Wildman–Crippen MR) is 73.2 cm³/mol. The van der Waals surface area contributed by atoms with Crippen LogP contribution in [0.25, 0.3) is 0 Å². The van der Waals surface area contributed by atoms with Crippen LogP contribution in [0.4, 0.5) is 5.82 Å². The van der Waals surface area contributed by atoms with Gasteiger partial charge in [0.2, 0.25) is 0 Å². The summed E-state index contributed by atoms with van der Waals surface area (Å²) in [6.45, 7) is 5.74. The Labute approximate surface area is 113 Å². The Morgan fingerprint density at radius 2 is 2.11 bits per heavy atom. The molecule has 1 fully saturated rings. The maximum atomic E-state index is 5.92. The number of hydrogen-bond donors (Lipinski definition) is 1. The summed E-state index contributed by atoms with van der Waals surface area (Å²) >= 11 is 5.92. The van der Waals surface area contributed by atoms with Crippen LogP contribution in [-0.4, -0.2) is 29.5 Å². The van der Waals surface area contributed by atoms with E-state index in [4.69, 9.17) is 16.3 Å². The molecule has 5 heteroatoms. The minimum atomic E-state index is 0.396. The van der Waals surface area contributed by atoms with Gasteiger partial charge in [-0.1, -0.05) is 11.6 Å². The SMILES string of the molecule is Cc1c(Cl)nnc(NCCC2CCCCO2)c1C. The molecule has 1 aromatic rings. The van der Waals surface area contributed by atoms with E-state index in [0.717, 1.165) is 36.5 Å². The lowest BCUT2D eigenvalue weighted by atomic mass is 10.1. The molecule has 4 nitrogen and oxygen atoms in total. The first-order chi connectivity index (χ1) is 8.68. The van der Waals surface area contributed by atoms with Gasteiger partial charge in [0.15, 0.2) is 11.0 Å². The fraction of sp³-hybridized carbons (Fsp3) is 0.692. The van der Waals surface area contributed by atoms with Gasteiger partial charge in [0.25, 0.3) is 0 Å². The smallest absolute Gasteiger partial charge is 0.155 e. The van der Waals surface area contributed by atoms with E-state index in [0.29, 0.717) is 11.3 Å². The number of hydrogen-bond acceptors (Lipinski definition) is 4. The minimum absolute atomic E-state index is 0.396. The van der Waals surface area contributed by atoms with E-state index in [9.17, 15) is 0 Å². The van der Waals surface area contributed by atoms with Crippen molar-refractivity contribution >= 4 is 17.4 Å². The van der Waals surface area contributed by atoms with E-state index in [1.807, 2.05) is 13.8 Å². The molecule has 2 rings (SSSR count). The first-order valence-electron chi connectivity index (χ1n) is 6.53. The molecule has 1 aromatic heterocycles. The van der Waals surface area contributed by atoms with Crippen LogP contribution in [0.3, 0.4) is 0 Å². The summed E-state index contributed by atoms with van der Waals surface area (Å²) in [5.41, 5.74) is 2.06. The van der Waals surface area contributed by atoms with Crippen molar-refractivity contribution in [1.82, 2.24) is 10.2 Å². The summed E-state index contributed by atoms with van der Waals surface area (Å²) in [7, 11) is 0. The van der Waals surface area contributed by atoms with E-state index in [-0.39, 0.29) is 0 Å². The summed E-state index contributed by atoms with van der Waals surface area (Å²) in [6, 6.07) is 0. The van der Waals surface area contributed by atoms with Gasteiger partial charge >= 0.3 is 0 Å². The second kappa shape index (κ2) is 6.34. The van der Waals surface area contributed by atoms with Gasteiger partial charge in [0.05, 0.1) is 6.10 Å². The lowest BCUT2D eigenvalue weighted by Crippen LogP contribution is -2.22. The Bertz CT molecular complexity index is 405. The molecule has 1 atom stereocenters. The number of aromatic nitrogens is 2. The van der Waals surface area contributed by atoms with Crippen molar-refractivity contribution < 1.29 is 4.74 Å². The van der Waals surface area contributed by atoms with Crippen molar-refractivity contribution in [3.8, 4) is 0 Å². The zero-order valence-electron chi connectivity index (χ0n) is 11.0. The van der Waals surface area contributed by atoms with E-state index in [1.165, 1.54) is 19.3 Å². The average molecular weight is 270 g/mol. The predicted octanol–water partition coefficient (Wildman–Crippen LogP) is 3.12. The highest BCUT2D eigenvalue weighted by Crippen LogP contribution is 2.21. The summed E-state index contributed by atoms with van der Waals surface area (Å²) in [4.78, 5) is 0. The van der Waals surface area contributed by atoms with Crippen molar-refractivity contribution in [1.29, 1.82) is 0 Å². The van der Waals surface area contributed by atoms with Gasteiger partial charge in [-0.2, -0.15) is 0 Å². The fourth-order valence-electron chi connectivity index (χ4n) is 2.13. The molecular weight excluding hydrogens is 250 g/mol. The molecule has 0 bridgehead atoms. The number of ether oxygens (including phenoxy) is 1. The Morgan fingerprint density at radius 3 is 2.83 bits per heavy atom. The standard InChI is InChI=1S/C13H20ClN3O/c1-9-10(2)13(17-16-12(9)14)15-7-6-11-5-3-4-8-18-11/h11H,3-8H2,1-2H3,(H,15,17). The quantitative estimate of drug-likeness (QED) is 0.912. The molecule has 0 saturated carbocycles. The average Bonchev–Trinajstić information content (AvgIpc) is 2.40. The van der Waals surface area contributed by atoms with E-state index in [1.54, 1.807) is 0 Å². The van der Waals surface area contributed by atoms with Crippen molar-refractivity contribution in [2.75, 3.05) is 18.5 Å². The van der Waals surface area contributed by atoms with Crippen LogP contribution < -0.4 is 5.32 Å². The molecule has 0 aliphatic carbocycles. The zero-order chi connectivity index (χ0) is 13.0. The van der Waals surface area contributed by atoms with E-state index in [2.05, 4.69) is 15.5 Å². The van der Waals surface area contributed by atoms with E-state index >= 15 is 0 Å². The van der Waals surface area contributed by atoms with Crippen LogP contribution in [0.15, 0.2) is 0 Å². The number of nitrogens with zero attached hydrogens (tertiary/aromatic N) is 2. The molecule has 1 unspecified atom stereocenters. The molecule has 1 aliphatic rings. The van der Waals surface area contributed by atoms with Gasteiger partial charge < -0.3 is 10.1 Å². The van der Waals surface area contributed by atoms with Gasteiger partial charge in [0, 0.05) is 13.2 Å². The van der Waals surface area contributed by atoms with Crippen LogP contribution in [0.2, 0.25) is 5.15 Å². The highest BCUT2D eigenvalue weighted by Gasteiger charge is 2.14. The summed E-state index contributed by atoms with van der Waals surface area (Å²) < 4.78 is 5.69. The second-order valence-corrected chi connectivity index (χ2v) is 5.15. The molecule has 18 heavy (non-hydrogen) atoms. The number of rotatable bonds is 4. The number of halogens is 1. The molecule has 1 aliphatic heterocycles. The lowest BCUT2D eigenvalue weighted by Gasteiger charge is -2.22. The third-order valence-electron chi connectivity index (χ3n) is 3.50. The lowest BCUT2D eigenvalue weighted by molar-refractivity contribution is 0.0134. The van der Waals surface area contributed by atoms with Gasteiger partial charge in [-0.3, -0.25) is 0 Å². The van der Waals surface area contributed by atoms with Gasteiger partial charge in [-0.15, -0.1) is 10.2 Å². The van der Waals surface area contributed by atoms with Gasteiger partial charge in [-0.25, -0.2) is 0 Å². The summed E-state index contributed by atoms with van der Waals surface area (Å²) in [5, 5.41) is 11.8. The molecule has 0 radical (unpaired) electrons. The van der Waals surface area contributed by atoms with E-state index < -0.39 is 0 Å². The van der Waals surface area contributed by atoms with Crippen molar-refractivity contribution in [2.24, 2.45) is 0 Å². The Kier molecular flexibility index (Phi) is 4.78. The molecule has 2 heterocycles. The van der Waals surface area contributed by atoms with Crippen LogP contribution in [-0.2, 0) is 4.74 Å². The van der Waals surface area contributed by atoms with Crippen LogP contribution in [0, 0.1) is 13.8 Å². The minimum Gasteiger partial charge on any atom is -0.378 e. The zero-order valence-corrected chi connectivity index (χ0v) is 11.8. The molecule has 0 aromatic carbocycles. The van der Waals surface area contributed by atoms with Gasteiger partial charge in [-0.05, 0) is 50.7 Å². The molecule has 0 spiro atoms. The Morgan fingerprint density at radius 1 is 1.28 bits per heavy atom. The van der Waals surface area contributed by atoms with Crippen molar-refractivity contribution in [2.45, 2.75) is 45.6 Å². The summed E-state index contributed by atoms with van der Waals surface area (Å²) in [6.07, 6.45) is 5.07. The van der Waals surface area contributed by atoms with Crippen LogP contribution in [0.1, 0.15) is 36.8 Å². The molecular formula is C13H20ClN3O. The van der Waals surface area contributed by atoms with Crippen LogP contribution >= 0.6 is 11.6 Å². The molecule has 100 valence electrons. The topological polar surface area (TPSA) is 47.0 Å². The fourth-order valence-corrected chi connectivity index (χ4v) is 2.31.